The van der Waals surface area contributed by atoms with Crippen molar-refractivity contribution in [2.75, 3.05) is 5.32 Å². The molecule has 0 aliphatic heterocycles. The standard InChI is InChI=1S/C17H21N3S/c1-11-5-7-15(13(3)9-11)14(4)19-17(21)20-16-8-6-12(2)10-18-16/h5-10,14H,1-4H3,(H2,18,19,20,21)/t14-/m0/s1. The minimum absolute atomic E-state index is 0.149. The molecule has 0 bridgehead atoms. The lowest BCUT2D eigenvalue weighted by molar-refractivity contribution is 0.716. The molecule has 3 nitrogen and oxygen atoms in total. The first-order valence-electron chi connectivity index (χ1n) is 7.03. The van der Waals surface area contributed by atoms with Crippen molar-refractivity contribution in [3.63, 3.8) is 0 Å². The number of hydrogen-bond acceptors (Lipinski definition) is 2. The summed E-state index contributed by atoms with van der Waals surface area (Å²) in [5.41, 5.74) is 4.92. The molecule has 0 aliphatic rings. The van der Waals surface area contributed by atoms with Gasteiger partial charge in [-0.15, -0.1) is 0 Å². The van der Waals surface area contributed by atoms with Gasteiger partial charge in [0.25, 0.3) is 0 Å². The maximum absolute atomic E-state index is 5.35. The van der Waals surface area contributed by atoms with Crippen LogP contribution in [0.15, 0.2) is 36.5 Å². The van der Waals surface area contributed by atoms with Gasteiger partial charge in [0.15, 0.2) is 5.11 Å². The Morgan fingerprint density at radius 2 is 1.81 bits per heavy atom. The van der Waals surface area contributed by atoms with Crippen LogP contribution in [0.4, 0.5) is 5.82 Å². The Morgan fingerprint density at radius 3 is 2.43 bits per heavy atom. The lowest BCUT2D eigenvalue weighted by Crippen LogP contribution is -2.31. The van der Waals surface area contributed by atoms with Gasteiger partial charge in [-0.1, -0.05) is 29.8 Å². The predicted octanol–water partition coefficient (Wildman–Crippen LogP) is 4.05. The van der Waals surface area contributed by atoms with E-state index >= 15 is 0 Å². The SMILES string of the molecule is Cc1ccc(NC(=S)N[C@@H](C)c2ccc(C)cc2C)nc1. The Balaban J connectivity index is 2.00. The van der Waals surface area contributed by atoms with Gasteiger partial charge in [-0.25, -0.2) is 4.98 Å². The van der Waals surface area contributed by atoms with Crippen molar-refractivity contribution in [2.45, 2.75) is 33.7 Å². The fourth-order valence-electron chi connectivity index (χ4n) is 2.28. The summed E-state index contributed by atoms with van der Waals surface area (Å²) >= 11 is 5.35. The number of nitrogens with one attached hydrogen (secondary N) is 2. The molecule has 0 fully saturated rings. The van der Waals surface area contributed by atoms with E-state index in [-0.39, 0.29) is 6.04 Å². The van der Waals surface area contributed by atoms with Crippen LogP contribution in [0, 0.1) is 20.8 Å². The van der Waals surface area contributed by atoms with Crippen molar-refractivity contribution in [1.82, 2.24) is 10.3 Å². The van der Waals surface area contributed by atoms with E-state index in [0.29, 0.717) is 5.11 Å². The molecule has 2 aromatic rings. The average Bonchev–Trinajstić information content (AvgIpc) is 2.41. The topological polar surface area (TPSA) is 37.0 Å². The largest absolute Gasteiger partial charge is 0.356 e. The Hall–Kier alpha value is -1.94. The zero-order valence-corrected chi connectivity index (χ0v) is 13.7. The number of aromatic nitrogens is 1. The minimum atomic E-state index is 0.149. The van der Waals surface area contributed by atoms with E-state index in [1.165, 1.54) is 16.7 Å². The second-order valence-electron chi connectivity index (χ2n) is 5.40. The second kappa shape index (κ2) is 6.68. The van der Waals surface area contributed by atoms with E-state index in [1.807, 2.05) is 25.3 Å². The van der Waals surface area contributed by atoms with Crippen LogP contribution in [0.25, 0.3) is 0 Å². The predicted molar refractivity (Wildman–Crippen MR) is 92.7 cm³/mol. The third kappa shape index (κ3) is 4.26. The summed E-state index contributed by atoms with van der Waals surface area (Å²) in [5.74, 6) is 0.755. The molecule has 0 aliphatic carbocycles. The first-order valence-corrected chi connectivity index (χ1v) is 7.44. The van der Waals surface area contributed by atoms with Gasteiger partial charge in [0.1, 0.15) is 5.82 Å². The number of hydrogen-bond donors (Lipinski definition) is 2. The highest BCUT2D eigenvalue weighted by Gasteiger charge is 2.10. The molecule has 1 aromatic carbocycles. The number of pyridine rings is 1. The molecule has 0 spiro atoms. The summed E-state index contributed by atoms with van der Waals surface area (Å²) in [6.07, 6.45) is 1.82. The Morgan fingerprint density at radius 1 is 1.10 bits per heavy atom. The zero-order chi connectivity index (χ0) is 15.4. The molecule has 4 heteroatoms. The highest BCUT2D eigenvalue weighted by atomic mass is 32.1. The summed E-state index contributed by atoms with van der Waals surface area (Å²) in [4.78, 5) is 4.29. The van der Waals surface area contributed by atoms with Gasteiger partial charge >= 0.3 is 0 Å². The molecular weight excluding hydrogens is 278 g/mol. The second-order valence-corrected chi connectivity index (χ2v) is 5.81. The molecule has 1 heterocycles. The number of rotatable bonds is 3. The van der Waals surface area contributed by atoms with E-state index in [0.717, 1.165) is 11.4 Å². The lowest BCUT2D eigenvalue weighted by atomic mass is 10.0. The number of aryl methyl sites for hydroxylation is 3. The van der Waals surface area contributed by atoms with Crippen LogP contribution in [-0.2, 0) is 0 Å². The van der Waals surface area contributed by atoms with E-state index < -0.39 is 0 Å². The summed E-state index contributed by atoms with van der Waals surface area (Å²) in [6, 6.07) is 10.5. The van der Waals surface area contributed by atoms with Crippen LogP contribution < -0.4 is 10.6 Å². The molecule has 2 rings (SSSR count). The van der Waals surface area contributed by atoms with Gasteiger partial charge in [-0.3, -0.25) is 0 Å². The van der Waals surface area contributed by atoms with Crippen molar-refractivity contribution in [1.29, 1.82) is 0 Å². The normalized spacial score (nSPS) is 11.8. The molecule has 2 N–H and O–H groups in total. The maximum atomic E-state index is 5.35. The van der Waals surface area contributed by atoms with Gasteiger partial charge in [-0.05, 0) is 62.7 Å². The summed E-state index contributed by atoms with van der Waals surface area (Å²) in [6.45, 7) is 8.34. The van der Waals surface area contributed by atoms with Crippen molar-refractivity contribution in [2.24, 2.45) is 0 Å². The van der Waals surface area contributed by atoms with Crippen LogP contribution in [-0.4, -0.2) is 10.1 Å². The van der Waals surface area contributed by atoms with Gasteiger partial charge < -0.3 is 10.6 Å². The first-order chi connectivity index (χ1) is 9.95. The number of nitrogens with zero attached hydrogens (tertiary/aromatic N) is 1. The number of anilines is 1. The van der Waals surface area contributed by atoms with E-state index in [1.54, 1.807) is 0 Å². The van der Waals surface area contributed by atoms with E-state index in [2.05, 4.69) is 54.6 Å². The van der Waals surface area contributed by atoms with Crippen molar-refractivity contribution >= 4 is 23.1 Å². The van der Waals surface area contributed by atoms with Gasteiger partial charge in [-0.2, -0.15) is 0 Å². The summed E-state index contributed by atoms with van der Waals surface area (Å²) < 4.78 is 0. The van der Waals surface area contributed by atoms with Gasteiger partial charge in [0.05, 0.1) is 6.04 Å². The van der Waals surface area contributed by atoms with Crippen molar-refractivity contribution in [3.05, 3.63) is 58.8 Å². The van der Waals surface area contributed by atoms with Crippen LogP contribution in [0.1, 0.15) is 35.2 Å². The molecule has 110 valence electrons. The average molecular weight is 299 g/mol. The number of benzene rings is 1. The van der Waals surface area contributed by atoms with Crippen LogP contribution in [0.5, 0.6) is 0 Å². The van der Waals surface area contributed by atoms with Gasteiger partial charge in [0.2, 0.25) is 0 Å². The lowest BCUT2D eigenvalue weighted by Gasteiger charge is -2.19. The third-order valence-corrected chi connectivity index (χ3v) is 3.61. The van der Waals surface area contributed by atoms with E-state index in [4.69, 9.17) is 12.2 Å². The molecule has 0 saturated carbocycles. The van der Waals surface area contributed by atoms with E-state index in [9.17, 15) is 0 Å². The summed E-state index contributed by atoms with van der Waals surface area (Å²) in [7, 11) is 0. The van der Waals surface area contributed by atoms with Crippen molar-refractivity contribution in [3.8, 4) is 0 Å². The maximum Gasteiger partial charge on any atom is 0.172 e. The molecule has 1 aromatic heterocycles. The van der Waals surface area contributed by atoms with Crippen molar-refractivity contribution < 1.29 is 0 Å². The third-order valence-electron chi connectivity index (χ3n) is 3.39. The molecule has 0 radical (unpaired) electrons. The number of thiocarbonyl (C=S) groups is 1. The minimum Gasteiger partial charge on any atom is -0.356 e. The monoisotopic (exact) mass is 299 g/mol. The zero-order valence-electron chi connectivity index (χ0n) is 12.9. The molecule has 0 unspecified atom stereocenters. The van der Waals surface area contributed by atoms with Gasteiger partial charge in [0, 0.05) is 6.20 Å². The molecule has 21 heavy (non-hydrogen) atoms. The Labute approximate surface area is 131 Å². The Bertz CT molecular complexity index is 635. The molecule has 0 amide bonds. The summed E-state index contributed by atoms with van der Waals surface area (Å²) in [5, 5.41) is 6.99. The molecule has 1 atom stereocenters. The fraction of sp³-hybridized carbons (Fsp3) is 0.294. The first kappa shape index (κ1) is 15.4. The highest BCUT2D eigenvalue weighted by Crippen LogP contribution is 2.18. The quantitative estimate of drug-likeness (QED) is 0.838. The van der Waals surface area contributed by atoms with Crippen LogP contribution in [0.3, 0.4) is 0 Å². The fourth-order valence-corrected chi connectivity index (χ4v) is 2.56. The molecular formula is C17H21N3S. The Kier molecular flexibility index (Phi) is 4.91. The van der Waals surface area contributed by atoms with Crippen LogP contribution in [0.2, 0.25) is 0 Å². The molecule has 0 saturated heterocycles. The smallest absolute Gasteiger partial charge is 0.172 e. The highest BCUT2D eigenvalue weighted by molar-refractivity contribution is 7.80. The van der Waals surface area contributed by atoms with Crippen LogP contribution >= 0.6 is 12.2 Å².